The molecule has 16 heavy (non-hydrogen) atoms. The fourth-order valence-electron chi connectivity index (χ4n) is 1.20. The summed E-state index contributed by atoms with van der Waals surface area (Å²) in [5.41, 5.74) is 0.611. The van der Waals surface area contributed by atoms with Crippen LogP contribution in [0, 0.1) is 0 Å². The summed E-state index contributed by atoms with van der Waals surface area (Å²) in [5, 5.41) is 0. The van der Waals surface area contributed by atoms with Crippen LogP contribution in [-0.2, 0) is 0 Å². The Kier molecular flexibility index (Phi) is 4.26. The van der Waals surface area contributed by atoms with Gasteiger partial charge in [-0.25, -0.2) is 0 Å². The van der Waals surface area contributed by atoms with E-state index in [9.17, 15) is 4.79 Å². The number of benzene rings is 1. The first-order chi connectivity index (χ1) is 7.83. The Hall–Kier alpha value is -0.520. The van der Waals surface area contributed by atoms with Crippen molar-refractivity contribution in [1.82, 2.24) is 3.71 Å². The predicted molar refractivity (Wildman–Crippen MR) is 68.6 cm³/mol. The first-order valence-electron chi connectivity index (χ1n) is 4.80. The van der Waals surface area contributed by atoms with Crippen molar-refractivity contribution in [2.24, 2.45) is 0 Å². The third-order valence-corrected chi connectivity index (χ3v) is 4.16. The van der Waals surface area contributed by atoms with Gasteiger partial charge in [0.15, 0.2) is 18.0 Å². The minimum absolute atomic E-state index is 0.0218. The Labute approximate surface area is 108 Å². The number of hydrogen-bond acceptors (Lipinski definition) is 4. The summed E-state index contributed by atoms with van der Waals surface area (Å²) in [6.45, 7) is 0. The van der Waals surface area contributed by atoms with Crippen molar-refractivity contribution in [2.45, 2.75) is 6.42 Å². The van der Waals surface area contributed by atoms with Gasteiger partial charge in [-0.3, -0.25) is 4.79 Å². The van der Waals surface area contributed by atoms with E-state index in [0.29, 0.717) is 17.2 Å². The maximum atomic E-state index is 12.0. The topological polar surface area (TPSA) is 29.5 Å². The van der Waals surface area contributed by atoms with Gasteiger partial charge in [0.1, 0.15) is 0 Å². The van der Waals surface area contributed by atoms with Crippen LogP contribution < -0.4 is 4.18 Å². The quantitative estimate of drug-likeness (QED) is 0.365. The Bertz CT molecular complexity index is 389. The minimum Gasteiger partial charge on any atom is -0.404 e. The first-order valence-corrected chi connectivity index (χ1v) is 6.97. The van der Waals surface area contributed by atoms with Crippen LogP contribution in [0.1, 0.15) is 16.8 Å². The largest absolute Gasteiger partial charge is 0.404 e. The number of alkyl halides is 1. The Morgan fingerprint density at radius 2 is 2.25 bits per heavy atom. The molecule has 1 aliphatic rings. The lowest BCUT2D eigenvalue weighted by Gasteiger charge is -2.24. The summed E-state index contributed by atoms with van der Waals surface area (Å²) in [6.07, 6.45) is 0.873. The van der Waals surface area contributed by atoms with Crippen molar-refractivity contribution in [3.05, 3.63) is 29.8 Å². The molecule has 0 radical (unpaired) electrons. The first kappa shape index (κ1) is 12.0. The summed E-state index contributed by atoms with van der Waals surface area (Å²) in [7, 11) is 0. The molecule has 1 aliphatic heterocycles. The molecule has 1 heterocycles. The molecular weight excluding hydrogens is 266 g/mol. The van der Waals surface area contributed by atoms with E-state index in [1.165, 1.54) is 11.9 Å². The van der Waals surface area contributed by atoms with E-state index in [0.717, 1.165) is 24.4 Å². The van der Waals surface area contributed by atoms with Gasteiger partial charge < -0.3 is 4.18 Å². The van der Waals surface area contributed by atoms with Crippen molar-refractivity contribution in [3.8, 4) is 5.75 Å². The average Bonchev–Trinajstić information content (AvgIpc) is 2.33. The van der Waals surface area contributed by atoms with Gasteiger partial charge in [0.25, 0.3) is 5.91 Å². The van der Waals surface area contributed by atoms with Gasteiger partial charge >= 0.3 is 0 Å². The molecule has 6 heteroatoms. The maximum absolute atomic E-state index is 12.0. The summed E-state index contributed by atoms with van der Waals surface area (Å²) < 4.78 is 6.96. The smallest absolute Gasteiger partial charge is 0.280 e. The summed E-state index contributed by atoms with van der Waals surface area (Å²) >= 11 is 8.08. The lowest BCUT2D eigenvalue weighted by atomic mass is 10.2. The highest BCUT2D eigenvalue weighted by Crippen LogP contribution is 2.36. The summed E-state index contributed by atoms with van der Waals surface area (Å²) in [4.78, 5) is 12.0. The molecule has 0 spiro atoms. The highest BCUT2D eigenvalue weighted by Gasteiger charge is 2.27. The van der Waals surface area contributed by atoms with E-state index in [2.05, 4.69) is 0 Å². The van der Waals surface area contributed by atoms with E-state index >= 15 is 0 Å². The van der Waals surface area contributed by atoms with Crippen LogP contribution >= 0.6 is 35.8 Å². The summed E-state index contributed by atoms with van der Waals surface area (Å²) in [6, 6.07) is 7.24. The highest BCUT2D eigenvalue weighted by molar-refractivity contribution is 8.11. The molecule has 0 atom stereocenters. The molecule has 0 unspecified atom stereocenters. The van der Waals surface area contributed by atoms with Crippen molar-refractivity contribution in [2.75, 3.05) is 11.6 Å². The monoisotopic (exact) mass is 275 g/mol. The molecule has 0 aromatic heterocycles. The second kappa shape index (κ2) is 5.70. The van der Waals surface area contributed by atoms with Gasteiger partial charge in [-0.15, -0.1) is 11.6 Å². The number of nitrogens with zero attached hydrogens (tertiary/aromatic N) is 1. The zero-order chi connectivity index (χ0) is 11.4. The molecule has 3 nitrogen and oxygen atoms in total. The van der Waals surface area contributed by atoms with Crippen LogP contribution in [0.2, 0.25) is 0 Å². The maximum Gasteiger partial charge on any atom is 0.280 e. The molecule has 1 aromatic rings. The van der Waals surface area contributed by atoms with E-state index in [-0.39, 0.29) is 5.91 Å². The van der Waals surface area contributed by atoms with E-state index in [4.69, 9.17) is 15.8 Å². The molecule has 2 rings (SSSR count). The van der Waals surface area contributed by atoms with Gasteiger partial charge in [-0.2, -0.15) is 3.71 Å². The van der Waals surface area contributed by atoms with Crippen LogP contribution in [0.5, 0.6) is 5.75 Å². The van der Waals surface area contributed by atoms with Crippen LogP contribution in [0.15, 0.2) is 24.3 Å². The fraction of sp³-hybridized carbons (Fsp3) is 0.300. The number of carbonyl (C=O) groups is 1. The Balaban J connectivity index is 2.03. The summed E-state index contributed by atoms with van der Waals surface area (Å²) in [5.74, 6) is 2.03. The molecule has 1 aromatic carbocycles. The van der Waals surface area contributed by atoms with E-state index in [1.54, 1.807) is 15.8 Å². The van der Waals surface area contributed by atoms with E-state index in [1.807, 2.05) is 12.1 Å². The van der Waals surface area contributed by atoms with Gasteiger partial charge in [-0.1, -0.05) is 12.1 Å². The van der Waals surface area contributed by atoms with Gasteiger partial charge in [-0.05, 0) is 30.5 Å². The van der Waals surface area contributed by atoms with Crippen LogP contribution in [0.3, 0.4) is 0 Å². The fourth-order valence-corrected chi connectivity index (χ4v) is 3.10. The third-order valence-electron chi connectivity index (χ3n) is 1.96. The normalized spacial score (nSPS) is 14.6. The van der Waals surface area contributed by atoms with Crippen LogP contribution in [0.25, 0.3) is 0 Å². The van der Waals surface area contributed by atoms with Crippen molar-refractivity contribution in [3.63, 3.8) is 0 Å². The van der Waals surface area contributed by atoms with E-state index < -0.39 is 0 Å². The van der Waals surface area contributed by atoms with Crippen molar-refractivity contribution in [1.29, 1.82) is 0 Å². The molecule has 0 saturated carbocycles. The molecule has 0 aliphatic carbocycles. The molecule has 86 valence electrons. The number of hydrogen-bond donors (Lipinski definition) is 0. The number of para-hydroxylation sites is 1. The van der Waals surface area contributed by atoms with Crippen LogP contribution in [-0.4, -0.2) is 21.3 Å². The predicted octanol–water partition coefficient (Wildman–Crippen LogP) is 3.36. The zero-order valence-corrected chi connectivity index (χ0v) is 10.8. The third kappa shape index (κ3) is 2.59. The lowest BCUT2D eigenvalue weighted by molar-refractivity contribution is 0.0923. The second-order valence-corrected chi connectivity index (χ2v) is 5.41. The van der Waals surface area contributed by atoms with Gasteiger partial charge in [0.2, 0.25) is 0 Å². The molecule has 1 amide bonds. The lowest BCUT2D eigenvalue weighted by Crippen LogP contribution is -2.23. The molecule has 0 N–H and O–H groups in total. The second-order valence-electron chi connectivity index (χ2n) is 3.09. The SMILES string of the molecule is O=C1c2ccccc2OSN1SCCCCl. The van der Waals surface area contributed by atoms with Crippen molar-refractivity contribution >= 4 is 41.7 Å². The Morgan fingerprint density at radius 1 is 1.44 bits per heavy atom. The zero-order valence-electron chi connectivity index (χ0n) is 8.39. The minimum atomic E-state index is -0.0218. The van der Waals surface area contributed by atoms with Gasteiger partial charge in [0, 0.05) is 11.6 Å². The highest BCUT2D eigenvalue weighted by atomic mass is 35.5. The van der Waals surface area contributed by atoms with Crippen LogP contribution in [0.4, 0.5) is 0 Å². The number of halogens is 1. The van der Waals surface area contributed by atoms with Gasteiger partial charge in [0.05, 0.1) is 5.56 Å². The van der Waals surface area contributed by atoms with Crippen molar-refractivity contribution < 1.29 is 8.98 Å². The molecule has 0 saturated heterocycles. The number of fused-ring (bicyclic) bond motifs is 1. The number of carbonyl (C=O) groups excluding carboxylic acids is 1. The number of amides is 1. The molecule has 0 fully saturated rings. The molecule has 0 bridgehead atoms. The standard InChI is InChI=1S/C10H10ClNO2S2/c11-6-3-7-15-12-10(13)8-4-1-2-5-9(8)14-16-12/h1-2,4-5H,3,6-7H2. The average molecular weight is 276 g/mol. The molecular formula is C10H10ClNO2S2. The number of rotatable bonds is 4. The Morgan fingerprint density at radius 3 is 3.06 bits per heavy atom.